The molecule has 2 aromatic carbocycles. The normalized spacial score (nSPS) is 17.9. The number of carbonyl (C=O) groups is 2. The number of likely N-dealkylation sites (N-methyl/N-ethyl adjacent to an activating group) is 1. The van der Waals surface area contributed by atoms with Crippen molar-refractivity contribution in [1.29, 1.82) is 0 Å². The van der Waals surface area contributed by atoms with Crippen molar-refractivity contribution < 1.29 is 24.5 Å². The van der Waals surface area contributed by atoms with Crippen LogP contribution in [0.4, 0.5) is 0 Å². The third-order valence-corrected chi connectivity index (χ3v) is 5.03. The predicted molar refractivity (Wildman–Crippen MR) is 118 cm³/mol. The van der Waals surface area contributed by atoms with Crippen LogP contribution in [0, 0.1) is 0 Å². The molecule has 2 N–H and O–H groups in total. The van der Waals surface area contributed by atoms with Gasteiger partial charge >= 0.3 is 0 Å². The summed E-state index contributed by atoms with van der Waals surface area (Å²) < 4.78 is 5.45. The number of hydrogen-bond donors (Lipinski definition) is 2. The second-order valence-corrected chi connectivity index (χ2v) is 7.51. The van der Waals surface area contributed by atoms with Crippen LogP contribution >= 0.6 is 0 Å². The molecule has 7 heteroatoms. The van der Waals surface area contributed by atoms with Gasteiger partial charge in [-0.25, -0.2) is 0 Å². The van der Waals surface area contributed by atoms with Crippen molar-refractivity contribution in [1.82, 2.24) is 9.80 Å². The fourth-order valence-corrected chi connectivity index (χ4v) is 3.44. The molecule has 1 fully saturated rings. The molecule has 0 spiro atoms. The van der Waals surface area contributed by atoms with Gasteiger partial charge in [-0.3, -0.25) is 9.59 Å². The van der Waals surface area contributed by atoms with Crippen LogP contribution in [0.3, 0.4) is 0 Å². The van der Waals surface area contributed by atoms with E-state index in [1.54, 1.807) is 42.5 Å². The molecule has 1 aliphatic heterocycles. The van der Waals surface area contributed by atoms with Crippen molar-refractivity contribution in [3.8, 4) is 11.5 Å². The third-order valence-electron chi connectivity index (χ3n) is 5.03. The molecule has 2 aromatic rings. The first kappa shape index (κ1) is 22.1. The molecule has 3 rings (SSSR count). The number of ketones is 1. The lowest BCUT2D eigenvalue weighted by Gasteiger charge is -2.26. The first-order chi connectivity index (χ1) is 14.8. The lowest BCUT2D eigenvalue weighted by molar-refractivity contribution is -0.140. The Labute approximate surface area is 181 Å². The van der Waals surface area contributed by atoms with Gasteiger partial charge in [0.25, 0.3) is 11.7 Å². The summed E-state index contributed by atoms with van der Waals surface area (Å²) in [5.41, 5.74) is 1.05. The Hall–Kier alpha value is -3.58. The van der Waals surface area contributed by atoms with Gasteiger partial charge in [-0.05, 0) is 56.1 Å². The zero-order valence-corrected chi connectivity index (χ0v) is 17.6. The second kappa shape index (κ2) is 9.49. The summed E-state index contributed by atoms with van der Waals surface area (Å²) in [6.45, 7) is 4.82. The molecule has 7 nitrogen and oxygen atoms in total. The van der Waals surface area contributed by atoms with E-state index in [1.807, 2.05) is 19.0 Å². The Morgan fingerprint density at radius 1 is 1.13 bits per heavy atom. The van der Waals surface area contributed by atoms with Crippen LogP contribution in [-0.4, -0.2) is 65.5 Å². The van der Waals surface area contributed by atoms with E-state index in [4.69, 9.17) is 4.74 Å². The first-order valence-electron chi connectivity index (χ1n) is 9.89. The predicted octanol–water partition coefficient (Wildman–Crippen LogP) is 2.94. The van der Waals surface area contributed by atoms with Gasteiger partial charge in [0.05, 0.1) is 11.6 Å². The van der Waals surface area contributed by atoms with E-state index in [2.05, 4.69) is 6.58 Å². The van der Waals surface area contributed by atoms with E-state index >= 15 is 0 Å². The van der Waals surface area contributed by atoms with Gasteiger partial charge in [-0.1, -0.05) is 24.8 Å². The summed E-state index contributed by atoms with van der Waals surface area (Å²) in [6.07, 6.45) is 1.63. The van der Waals surface area contributed by atoms with Gasteiger partial charge in [0.15, 0.2) is 0 Å². The average molecular weight is 422 g/mol. The highest BCUT2D eigenvalue weighted by Crippen LogP contribution is 2.39. The number of amides is 1. The summed E-state index contributed by atoms with van der Waals surface area (Å²) in [6, 6.07) is 12.1. The van der Waals surface area contributed by atoms with Crippen molar-refractivity contribution in [3.05, 3.63) is 77.9 Å². The van der Waals surface area contributed by atoms with Gasteiger partial charge in [0.1, 0.15) is 23.9 Å². The van der Waals surface area contributed by atoms with Crippen molar-refractivity contribution in [2.45, 2.75) is 6.04 Å². The number of aromatic hydroxyl groups is 1. The molecule has 0 unspecified atom stereocenters. The maximum Gasteiger partial charge on any atom is 0.295 e. The molecule has 1 amide bonds. The number of carbonyl (C=O) groups excluding carboxylic acids is 2. The maximum atomic E-state index is 12.9. The maximum absolute atomic E-state index is 12.9. The summed E-state index contributed by atoms with van der Waals surface area (Å²) in [4.78, 5) is 29.1. The number of benzene rings is 2. The molecule has 0 radical (unpaired) electrons. The van der Waals surface area contributed by atoms with Crippen LogP contribution in [0.2, 0.25) is 0 Å². The highest BCUT2D eigenvalue weighted by atomic mass is 16.5. The van der Waals surface area contributed by atoms with Gasteiger partial charge in [0, 0.05) is 18.7 Å². The number of aliphatic hydroxyl groups is 1. The Balaban J connectivity index is 2.05. The summed E-state index contributed by atoms with van der Waals surface area (Å²) in [7, 11) is 3.75. The number of nitrogens with zero attached hydrogens (tertiary/aromatic N) is 2. The van der Waals surface area contributed by atoms with Crippen LogP contribution in [0.25, 0.3) is 5.76 Å². The van der Waals surface area contributed by atoms with Crippen molar-refractivity contribution in [3.63, 3.8) is 0 Å². The molecular weight excluding hydrogens is 396 g/mol. The number of aliphatic hydroxyl groups excluding tert-OH is 1. The number of phenols is 1. The SMILES string of the molecule is C=CCOc1ccc(/C(O)=C2\C(=O)C(=O)N(CCN(C)C)[C@H]2c2ccc(O)cc2)cc1. The van der Waals surface area contributed by atoms with Crippen LogP contribution in [0.5, 0.6) is 11.5 Å². The first-order valence-corrected chi connectivity index (χ1v) is 9.89. The molecule has 1 heterocycles. The van der Waals surface area contributed by atoms with Crippen LogP contribution < -0.4 is 4.74 Å². The fourth-order valence-electron chi connectivity index (χ4n) is 3.44. The third kappa shape index (κ3) is 4.78. The Kier molecular flexibility index (Phi) is 6.77. The molecule has 0 bridgehead atoms. The van der Waals surface area contributed by atoms with Crippen LogP contribution in [-0.2, 0) is 9.59 Å². The summed E-state index contributed by atoms with van der Waals surface area (Å²) >= 11 is 0. The van der Waals surface area contributed by atoms with E-state index in [-0.39, 0.29) is 17.1 Å². The standard InChI is InChI=1S/C24H26N2O5/c1-4-15-31-19-11-7-17(8-12-19)22(28)20-21(16-5-9-18(27)10-6-16)26(14-13-25(2)3)24(30)23(20)29/h4-12,21,27-28H,1,13-15H2,2-3H3/b22-20+/t21-/m0/s1. The van der Waals surface area contributed by atoms with E-state index in [1.165, 1.54) is 17.0 Å². The molecule has 31 heavy (non-hydrogen) atoms. The van der Waals surface area contributed by atoms with Crippen molar-refractivity contribution in [2.75, 3.05) is 33.8 Å². The minimum Gasteiger partial charge on any atom is -0.508 e. The van der Waals surface area contributed by atoms with E-state index in [9.17, 15) is 19.8 Å². The molecular formula is C24H26N2O5. The Morgan fingerprint density at radius 3 is 2.35 bits per heavy atom. The Morgan fingerprint density at radius 2 is 1.77 bits per heavy atom. The fraction of sp³-hybridized carbons (Fsp3) is 0.250. The minimum absolute atomic E-state index is 0.0224. The number of Topliss-reactive ketones (excluding diaryl/α,β-unsaturated/α-hetero) is 1. The largest absolute Gasteiger partial charge is 0.508 e. The van der Waals surface area contributed by atoms with Gasteiger partial charge < -0.3 is 24.7 Å². The number of hydrogen-bond acceptors (Lipinski definition) is 6. The molecule has 162 valence electrons. The number of likely N-dealkylation sites (tertiary alicyclic amines) is 1. The molecule has 1 aliphatic rings. The minimum atomic E-state index is -0.753. The molecule has 1 saturated heterocycles. The molecule has 0 aromatic heterocycles. The Bertz CT molecular complexity index is 994. The lowest BCUT2D eigenvalue weighted by Crippen LogP contribution is -2.35. The smallest absolute Gasteiger partial charge is 0.295 e. The van der Waals surface area contributed by atoms with Crippen molar-refractivity contribution >= 4 is 17.4 Å². The van der Waals surface area contributed by atoms with E-state index < -0.39 is 17.7 Å². The summed E-state index contributed by atoms with van der Waals surface area (Å²) in [5, 5.41) is 20.7. The van der Waals surface area contributed by atoms with Gasteiger partial charge in [-0.15, -0.1) is 0 Å². The number of rotatable bonds is 8. The molecule has 0 aliphatic carbocycles. The summed E-state index contributed by atoms with van der Waals surface area (Å²) in [5.74, 6) is -0.977. The van der Waals surface area contributed by atoms with Crippen LogP contribution in [0.15, 0.2) is 66.8 Å². The average Bonchev–Trinajstić information content (AvgIpc) is 3.01. The van der Waals surface area contributed by atoms with E-state index in [0.717, 1.165) is 0 Å². The van der Waals surface area contributed by atoms with Crippen LogP contribution in [0.1, 0.15) is 17.2 Å². The van der Waals surface area contributed by atoms with Crippen molar-refractivity contribution in [2.24, 2.45) is 0 Å². The monoisotopic (exact) mass is 422 g/mol. The van der Waals surface area contributed by atoms with Gasteiger partial charge in [0.2, 0.25) is 0 Å². The van der Waals surface area contributed by atoms with Gasteiger partial charge in [-0.2, -0.15) is 0 Å². The second-order valence-electron chi connectivity index (χ2n) is 7.51. The molecule has 0 saturated carbocycles. The topological polar surface area (TPSA) is 90.3 Å². The number of phenolic OH excluding ortho intramolecular Hbond substituents is 1. The number of ether oxygens (including phenoxy) is 1. The zero-order chi connectivity index (χ0) is 22.5. The molecule has 1 atom stereocenters. The highest BCUT2D eigenvalue weighted by Gasteiger charge is 2.45. The lowest BCUT2D eigenvalue weighted by atomic mass is 9.95. The highest BCUT2D eigenvalue weighted by molar-refractivity contribution is 6.46. The quantitative estimate of drug-likeness (QED) is 0.294. The zero-order valence-electron chi connectivity index (χ0n) is 17.6. The van der Waals surface area contributed by atoms with E-state index in [0.29, 0.717) is 36.6 Å².